The monoisotopic (exact) mass is 268 g/mol. The predicted molar refractivity (Wildman–Crippen MR) is 78.7 cm³/mol. The molecule has 4 atom stereocenters. The minimum Gasteiger partial charge on any atom is -0.639 e. The molecule has 0 aromatic carbocycles. The molecule has 1 heterocycles. The third-order valence-corrected chi connectivity index (χ3v) is 4.87. The van der Waals surface area contributed by atoms with Crippen molar-refractivity contribution in [2.24, 2.45) is 11.8 Å². The maximum absolute atomic E-state index is 9.12. The molecule has 0 radical (unpaired) electrons. The van der Waals surface area contributed by atoms with Gasteiger partial charge in [-0.3, -0.25) is 0 Å². The van der Waals surface area contributed by atoms with Crippen molar-refractivity contribution in [3.05, 3.63) is 5.73 Å². The lowest BCUT2D eigenvalue weighted by molar-refractivity contribution is 0.111. The summed E-state index contributed by atoms with van der Waals surface area (Å²) < 4.78 is 0. The second kappa shape index (κ2) is 7.58. The molecule has 0 bridgehead atoms. The minimum absolute atomic E-state index is 0.345. The summed E-state index contributed by atoms with van der Waals surface area (Å²) in [7, 11) is 0. The van der Waals surface area contributed by atoms with Crippen LogP contribution in [0.1, 0.15) is 51.9 Å². The zero-order chi connectivity index (χ0) is 13.7. The number of nitrogens with one attached hydrogen (secondary N) is 2. The Hall–Kier alpha value is -0.160. The average Bonchev–Trinajstić information content (AvgIpc) is 2.38. The molecule has 2 fully saturated rings. The molecule has 112 valence electrons. The van der Waals surface area contributed by atoms with E-state index in [-0.39, 0.29) is 0 Å². The number of hydrogen-bond acceptors (Lipinski definition) is 3. The fraction of sp³-hybridized carbons (Fsp3) is 1.00. The van der Waals surface area contributed by atoms with Crippen LogP contribution in [0, 0.1) is 11.8 Å². The summed E-state index contributed by atoms with van der Waals surface area (Å²) in [5.41, 5.74) is 7.22. The van der Waals surface area contributed by atoms with E-state index in [1.54, 1.807) is 0 Å². The second-order valence-electron chi connectivity index (χ2n) is 6.47. The molecular weight excluding hydrogens is 238 g/mol. The lowest BCUT2D eigenvalue weighted by Crippen LogP contribution is -2.43. The third-order valence-electron chi connectivity index (χ3n) is 4.87. The first-order valence-electron chi connectivity index (χ1n) is 8.05. The van der Waals surface area contributed by atoms with E-state index < -0.39 is 6.35 Å². The van der Waals surface area contributed by atoms with E-state index in [0.717, 1.165) is 24.7 Å². The summed E-state index contributed by atoms with van der Waals surface area (Å²) in [4.78, 5) is 2.65. The van der Waals surface area contributed by atoms with Crippen LogP contribution in [-0.2, 0) is 0 Å². The summed E-state index contributed by atoms with van der Waals surface area (Å²) in [6.45, 7) is 6.09. The van der Waals surface area contributed by atoms with Crippen molar-refractivity contribution >= 4 is 0 Å². The number of likely N-dealkylation sites (tertiary alicyclic amines) is 1. The Morgan fingerprint density at radius 3 is 2.79 bits per heavy atom. The van der Waals surface area contributed by atoms with Crippen molar-refractivity contribution in [1.82, 2.24) is 10.2 Å². The Morgan fingerprint density at radius 1 is 1.26 bits per heavy atom. The topological polar surface area (TPSA) is 59.3 Å². The van der Waals surface area contributed by atoms with E-state index in [0.29, 0.717) is 6.04 Å². The van der Waals surface area contributed by atoms with Gasteiger partial charge in [0, 0.05) is 25.5 Å². The quantitative estimate of drug-likeness (QED) is 0.753. The Kier molecular flexibility index (Phi) is 6.07. The normalized spacial score (nSPS) is 35.2. The van der Waals surface area contributed by atoms with Crippen molar-refractivity contribution in [2.45, 2.75) is 64.3 Å². The van der Waals surface area contributed by atoms with Crippen molar-refractivity contribution in [1.29, 1.82) is 0 Å². The molecule has 2 aliphatic rings. The van der Waals surface area contributed by atoms with Crippen LogP contribution in [-0.4, -0.2) is 42.0 Å². The Morgan fingerprint density at radius 2 is 2.05 bits per heavy atom. The van der Waals surface area contributed by atoms with E-state index in [9.17, 15) is 0 Å². The molecule has 4 nitrogen and oxygen atoms in total. The molecule has 1 saturated heterocycles. The van der Waals surface area contributed by atoms with Gasteiger partial charge in [0.05, 0.1) is 0 Å². The first-order chi connectivity index (χ1) is 9.17. The summed E-state index contributed by atoms with van der Waals surface area (Å²) in [5.74, 6) is 1.65. The average molecular weight is 268 g/mol. The lowest BCUT2D eigenvalue weighted by atomic mass is 9.84. The van der Waals surface area contributed by atoms with Crippen LogP contribution >= 0.6 is 0 Å². The van der Waals surface area contributed by atoms with Gasteiger partial charge in [0.25, 0.3) is 0 Å². The van der Waals surface area contributed by atoms with Gasteiger partial charge in [-0.1, -0.05) is 19.8 Å². The zero-order valence-electron chi connectivity index (χ0n) is 12.3. The van der Waals surface area contributed by atoms with Crippen LogP contribution < -0.4 is 5.32 Å². The molecular formula is C15H30N3O-. The third kappa shape index (κ3) is 5.03. The minimum atomic E-state index is -1.11. The molecule has 3 unspecified atom stereocenters. The predicted octanol–water partition coefficient (Wildman–Crippen LogP) is 2.58. The van der Waals surface area contributed by atoms with Crippen molar-refractivity contribution in [3.8, 4) is 0 Å². The molecule has 1 aliphatic carbocycles. The highest BCUT2D eigenvalue weighted by Crippen LogP contribution is 2.27. The molecule has 1 saturated carbocycles. The van der Waals surface area contributed by atoms with Gasteiger partial charge < -0.3 is 21.1 Å². The van der Waals surface area contributed by atoms with E-state index >= 15 is 0 Å². The number of piperidine rings is 1. The zero-order valence-corrected chi connectivity index (χ0v) is 12.3. The largest absolute Gasteiger partial charge is 0.639 e. The number of aliphatic hydroxyl groups excluding tert-OH is 1. The smallest absolute Gasteiger partial charge is 0.0146 e. The number of rotatable bonds is 5. The lowest BCUT2D eigenvalue weighted by Gasteiger charge is -2.38. The highest BCUT2D eigenvalue weighted by Gasteiger charge is 2.26. The van der Waals surface area contributed by atoms with Crippen LogP contribution in [0.4, 0.5) is 0 Å². The SMILES string of the molecule is CCC1CCCN(C[C@H]2CCCC(NC([NH-])O)C2)C1. The number of aliphatic hydroxyl groups is 1. The first-order valence-corrected chi connectivity index (χ1v) is 8.05. The van der Waals surface area contributed by atoms with Crippen molar-refractivity contribution in [2.75, 3.05) is 19.6 Å². The fourth-order valence-corrected chi connectivity index (χ4v) is 3.85. The second-order valence-corrected chi connectivity index (χ2v) is 6.47. The highest BCUT2D eigenvalue weighted by molar-refractivity contribution is 4.82. The molecule has 0 aromatic rings. The Balaban J connectivity index is 1.75. The molecule has 0 aromatic heterocycles. The summed E-state index contributed by atoms with van der Waals surface area (Å²) in [5, 5.41) is 12.1. The first kappa shape index (κ1) is 15.2. The van der Waals surface area contributed by atoms with Gasteiger partial charge in [-0.05, 0) is 50.5 Å². The van der Waals surface area contributed by atoms with E-state index in [1.165, 1.54) is 51.7 Å². The summed E-state index contributed by atoms with van der Waals surface area (Å²) in [6, 6.07) is 0.345. The maximum atomic E-state index is 9.12. The van der Waals surface area contributed by atoms with Gasteiger partial charge in [-0.25, -0.2) is 0 Å². The van der Waals surface area contributed by atoms with E-state index in [2.05, 4.69) is 17.1 Å². The van der Waals surface area contributed by atoms with Crippen molar-refractivity contribution in [3.63, 3.8) is 0 Å². The summed E-state index contributed by atoms with van der Waals surface area (Å²) >= 11 is 0. The molecule has 19 heavy (non-hydrogen) atoms. The Labute approximate surface area is 117 Å². The fourth-order valence-electron chi connectivity index (χ4n) is 3.85. The summed E-state index contributed by atoms with van der Waals surface area (Å²) in [6.07, 6.45) is 7.78. The number of hydrogen-bond donors (Lipinski definition) is 2. The van der Waals surface area contributed by atoms with Gasteiger partial charge >= 0.3 is 0 Å². The van der Waals surface area contributed by atoms with E-state index in [1.807, 2.05) is 0 Å². The Bertz CT molecular complexity index is 260. The molecule has 0 amide bonds. The van der Waals surface area contributed by atoms with Gasteiger partial charge in [-0.15, -0.1) is 0 Å². The van der Waals surface area contributed by atoms with Gasteiger partial charge in [0.1, 0.15) is 0 Å². The van der Waals surface area contributed by atoms with Gasteiger partial charge in [-0.2, -0.15) is 0 Å². The van der Waals surface area contributed by atoms with Gasteiger partial charge in [0.15, 0.2) is 0 Å². The molecule has 2 rings (SSSR count). The van der Waals surface area contributed by atoms with Crippen LogP contribution in [0.5, 0.6) is 0 Å². The highest BCUT2D eigenvalue weighted by atomic mass is 16.3. The molecule has 3 N–H and O–H groups in total. The standard InChI is InChI=1S/C15H30N3O/c1-2-12-6-4-8-18(10-12)11-13-5-3-7-14(9-13)17-15(16)19/h12-17,19H,2-11H2,1H3/q-1/t12?,13-,14?,15?/m0/s1. The van der Waals surface area contributed by atoms with Crippen LogP contribution in [0.25, 0.3) is 5.73 Å². The van der Waals surface area contributed by atoms with Crippen LogP contribution in [0.2, 0.25) is 0 Å². The maximum Gasteiger partial charge on any atom is 0.0146 e. The van der Waals surface area contributed by atoms with Gasteiger partial charge in [0.2, 0.25) is 0 Å². The van der Waals surface area contributed by atoms with Crippen molar-refractivity contribution < 1.29 is 5.11 Å². The molecule has 4 heteroatoms. The van der Waals surface area contributed by atoms with Crippen LogP contribution in [0.15, 0.2) is 0 Å². The molecule has 1 aliphatic heterocycles. The molecule has 0 spiro atoms. The van der Waals surface area contributed by atoms with E-state index in [4.69, 9.17) is 10.8 Å². The number of nitrogens with zero attached hydrogens (tertiary/aromatic N) is 1. The van der Waals surface area contributed by atoms with Crippen LogP contribution in [0.3, 0.4) is 0 Å².